The lowest BCUT2D eigenvalue weighted by Crippen LogP contribution is -2.54. The Balaban J connectivity index is 1.78. The minimum absolute atomic E-state index is 0.0234. The fourth-order valence-electron chi connectivity index (χ4n) is 4.90. The van der Waals surface area contributed by atoms with Crippen LogP contribution in [0.2, 0.25) is 15.1 Å². The van der Waals surface area contributed by atoms with Gasteiger partial charge in [0.05, 0.1) is 15.7 Å². The fourth-order valence-corrected chi connectivity index (χ4v) is 5.41. The number of fused-ring (bicyclic) bond motifs is 1. The molecule has 1 unspecified atom stereocenters. The molecule has 4 amide bonds. The molecule has 1 atom stereocenters. The second-order valence-corrected chi connectivity index (χ2v) is 10.4. The molecule has 34 heavy (non-hydrogen) atoms. The van der Waals surface area contributed by atoms with Gasteiger partial charge in [-0.25, -0.2) is 9.69 Å². The Morgan fingerprint density at radius 2 is 1.76 bits per heavy atom. The maximum absolute atomic E-state index is 13.2. The summed E-state index contributed by atoms with van der Waals surface area (Å²) in [5.74, 6) is -1.30. The lowest BCUT2D eigenvalue weighted by atomic mass is 9.79. The number of nitrogens with one attached hydrogen (secondary N) is 1. The molecule has 0 bridgehead atoms. The number of benzene rings is 2. The molecule has 1 fully saturated rings. The number of amides is 4. The van der Waals surface area contributed by atoms with Crippen molar-refractivity contribution in [1.29, 1.82) is 0 Å². The SMILES string of the molecule is CCN1c2cc(Cl)c(/C=C3/C(=O)NC(=O)N(c4ccc(Cl)c(Cl)c4)C3=O)cc2C(C)CC1(C)C. The highest BCUT2D eigenvalue weighted by molar-refractivity contribution is 6.43. The smallest absolute Gasteiger partial charge is 0.335 e. The van der Waals surface area contributed by atoms with Crippen LogP contribution < -0.4 is 15.1 Å². The summed E-state index contributed by atoms with van der Waals surface area (Å²) in [7, 11) is 0. The minimum atomic E-state index is -0.864. The van der Waals surface area contributed by atoms with E-state index in [0.717, 1.165) is 29.1 Å². The van der Waals surface area contributed by atoms with E-state index in [1.165, 1.54) is 24.3 Å². The molecule has 0 spiro atoms. The van der Waals surface area contributed by atoms with Crippen molar-refractivity contribution in [3.63, 3.8) is 0 Å². The monoisotopic (exact) mass is 519 g/mol. The molecule has 0 aromatic heterocycles. The van der Waals surface area contributed by atoms with Crippen LogP contribution in [0.25, 0.3) is 6.08 Å². The first kappa shape index (κ1) is 24.6. The van der Waals surface area contributed by atoms with Crippen molar-refractivity contribution in [1.82, 2.24) is 5.32 Å². The van der Waals surface area contributed by atoms with Gasteiger partial charge in [0.25, 0.3) is 11.8 Å². The van der Waals surface area contributed by atoms with Gasteiger partial charge in [-0.3, -0.25) is 14.9 Å². The maximum Gasteiger partial charge on any atom is 0.335 e. The van der Waals surface area contributed by atoms with Crippen molar-refractivity contribution in [3.05, 3.63) is 62.1 Å². The summed E-state index contributed by atoms with van der Waals surface area (Å²) in [5.41, 5.74) is 2.64. The van der Waals surface area contributed by atoms with Crippen molar-refractivity contribution in [2.24, 2.45) is 0 Å². The van der Waals surface area contributed by atoms with Crippen LogP contribution in [-0.2, 0) is 9.59 Å². The lowest BCUT2D eigenvalue weighted by Gasteiger charge is -2.47. The topological polar surface area (TPSA) is 69.7 Å². The number of halogens is 3. The molecule has 0 aliphatic carbocycles. The van der Waals surface area contributed by atoms with Crippen molar-refractivity contribution < 1.29 is 14.4 Å². The number of barbiturate groups is 1. The lowest BCUT2D eigenvalue weighted by molar-refractivity contribution is -0.122. The third-order valence-electron chi connectivity index (χ3n) is 6.38. The normalized spacial score (nSPS) is 21.1. The Hall–Kier alpha value is -2.54. The molecule has 9 heteroatoms. The molecule has 2 aliphatic rings. The van der Waals surface area contributed by atoms with Gasteiger partial charge in [0, 0.05) is 22.8 Å². The first-order valence-electron chi connectivity index (χ1n) is 10.9. The minimum Gasteiger partial charge on any atom is -0.366 e. The molecule has 2 aliphatic heterocycles. The number of hydrogen-bond donors (Lipinski definition) is 1. The van der Waals surface area contributed by atoms with E-state index >= 15 is 0 Å². The number of anilines is 2. The first-order valence-corrected chi connectivity index (χ1v) is 12.1. The van der Waals surface area contributed by atoms with Crippen molar-refractivity contribution >= 4 is 70.1 Å². The summed E-state index contributed by atoms with van der Waals surface area (Å²) in [5, 5.41) is 3.08. The molecule has 2 aromatic carbocycles. The number of hydrogen-bond acceptors (Lipinski definition) is 4. The molecule has 4 rings (SSSR count). The fraction of sp³-hybridized carbons (Fsp3) is 0.320. The van der Waals surface area contributed by atoms with E-state index in [2.05, 4.69) is 37.9 Å². The third-order valence-corrected chi connectivity index (χ3v) is 7.45. The summed E-state index contributed by atoms with van der Waals surface area (Å²) in [6.45, 7) is 9.50. The Morgan fingerprint density at radius 3 is 2.41 bits per heavy atom. The summed E-state index contributed by atoms with van der Waals surface area (Å²) >= 11 is 18.7. The number of carbonyl (C=O) groups excluding carboxylic acids is 3. The van der Waals surface area contributed by atoms with Gasteiger partial charge < -0.3 is 4.90 Å². The summed E-state index contributed by atoms with van der Waals surface area (Å²) in [4.78, 5) is 41.5. The molecular formula is C25H24Cl3N3O3. The Bertz CT molecular complexity index is 1260. The molecule has 2 aromatic rings. The van der Waals surface area contributed by atoms with E-state index in [4.69, 9.17) is 34.8 Å². The number of rotatable bonds is 3. The number of carbonyl (C=O) groups is 3. The predicted molar refractivity (Wildman–Crippen MR) is 137 cm³/mol. The van der Waals surface area contributed by atoms with E-state index in [1.807, 2.05) is 12.1 Å². The van der Waals surface area contributed by atoms with Gasteiger partial charge in [0.2, 0.25) is 0 Å². The van der Waals surface area contributed by atoms with Crippen LogP contribution in [-0.4, -0.2) is 29.9 Å². The second kappa shape index (κ2) is 8.91. The molecule has 0 saturated carbocycles. The quantitative estimate of drug-likeness (QED) is 0.374. The van der Waals surface area contributed by atoms with Gasteiger partial charge in [-0.15, -0.1) is 0 Å². The summed E-state index contributed by atoms with van der Waals surface area (Å²) < 4.78 is 0. The average Bonchev–Trinajstić information content (AvgIpc) is 2.73. The van der Waals surface area contributed by atoms with Gasteiger partial charge in [-0.1, -0.05) is 41.7 Å². The number of nitrogens with zero attached hydrogens (tertiary/aromatic N) is 2. The van der Waals surface area contributed by atoms with E-state index in [1.54, 1.807) is 0 Å². The van der Waals surface area contributed by atoms with Crippen LogP contribution in [0.15, 0.2) is 35.9 Å². The standard InChI is InChI=1S/C25H24Cl3N3O3/c1-5-30-21-11-19(27)14(8-16(21)13(2)12-25(30,3)4)9-17-22(32)29-24(34)31(23(17)33)15-6-7-18(26)20(28)10-15/h6-11,13H,5,12H2,1-4H3,(H,29,32,34)/b17-9-. The van der Waals surface area contributed by atoms with Crippen LogP contribution in [0, 0.1) is 0 Å². The van der Waals surface area contributed by atoms with Gasteiger partial charge in [-0.05, 0) is 80.6 Å². The highest BCUT2D eigenvalue weighted by Crippen LogP contribution is 2.45. The zero-order valence-corrected chi connectivity index (χ0v) is 21.5. The van der Waals surface area contributed by atoms with Crippen LogP contribution in [0.1, 0.15) is 51.2 Å². The summed E-state index contributed by atoms with van der Waals surface area (Å²) in [6, 6.07) is 7.29. The Labute approximate surface area is 213 Å². The molecule has 0 radical (unpaired) electrons. The van der Waals surface area contributed by atoms with Crippen LogP contribution in [0.3, 0.4) is 0 Å². The molecule has 2 heterocycles. The van der Waals surface area contributed by atoms with Crippen molar-refractivity contribution in [2.75, 3.05) is 16.3 Å². The zero-order valence-electron chi connectivity index (χ0n) is 19.2. The van der Waals surface area contributed by atoms with Gasteiger partial charge >= 0.3 is 6.03 Å². The van der Waals surface area contributed by atoms with E-state index in [-0.39, 0.29) is 32.8 Å². The van der Waals surface area contributed by atoms with Gasteiger partial charge in [0.1, 0.15) is 5.57 Å². The molecule has 1 saturated heterocycles. The molecule has 6 nitrogen and oxygen atoms in total. The largest absolute Gasteiger partial charge is 0.366 e. The van der Waals surface area contributed by atoms with Gasteiger partial charge in [-0.2, -0.15) is 0 Å². The maximum atomic E-state index is 13.2. The zero-order chi connectivity index (χ0) is 24.9. The Morgan fingerprint density at radius 1 is 1.06 bits per heavy atom. The highest BCUT2D eigenvalue weighted by atomic mass is 35.5. The molecule has 1 N–H and O–H groups in total. The Kier molecular flexibility index (Phi) is 6.44. The van der Waals surface area contributed by atoms with Crippen LogP contribution in [0.4, 0.5) is 16.2 Å². The highest BCUT2D eigenvalue weighted by Gasteiger charge is 2.38. The van der Waals surface area contributed by atoms with E-state index < -0.39 is 17.8 Å². The first-order chi connectivity index (χ1) is 15.9. The third kappa shape index (κ3) is 4.19. The average molecular weight is 521 g/mol. The summed E-state index contributed by atoms with van der Waals surface area (Å²) in [6.07, 6.45) is 2.38. The van der Waals surface area contributed by atoms with Crippen molar-refractivity contribution in [3.8, 4) is 0 Å². The molecular weight excluding hydrogens is 497 g/mol. The van der Waals surface area contributed by atoms with E-state index in [0.29, 0.717) is 10.6 Å². The van der Waals surface area contributed by atoms with E-state index in [9.17, 15) is 14.4 Å². The van der Waals surface area contributed by atoms with Gasteiger partial charge in [0.15, 0.2) is 0 Å². The predicted octanol–water partition coefficient (Wildman–Crippen LogP) is 6.43. The number of imide groups is 2. The van der Waals surface area contributed by atoms with Crippen molar-refractivity contribution in [2.45, 2.75) is 45.6 Å². The van der Waals surface area contributed by atoms with Crippen LogP contribution in [0.5, 0.6) is 0 Å². The van der Waals surface area contributed by atoms with Crippen LogP contribution >= 0.6 is 34.8 Å². The second-order valence-electron chi connectivity index (χ2n) is 9.15. The molecule has 178 valence electrons. The number of urea groups is 1.